The van der Waals surface area contributed by atoms with Crippen molar-refractivity contribution in [3.63, 3.8) is 0 Å². The molecule has 3 rings (SSSR count). The number of rotatable bonds is 5. The molecule has 0 saturated carbocycles. The topological polar surface area (TPSA) is 64.5 Å². The molecule has 1 aromatic carbocycles. The van der Waals surface area contributed by atoms with Crippen LogP contribution >= 0.6 is 11.6 Å². The highest BCUT2D eigenvalue weighted by Crippen LogP contribution is 2.29. The summed E-state index contributed by atoms with van der Waals surface area (Å²) in [6, 6.07) is 7.79. The molecule has 2 heterocycles. The van der Waals surface area contributed by atoms with Gasteiger partial charge >= 0.3 is 0 Å². The van der Waals surface area contributed by atoms with E-state index in [9.17, 15) is 0 Å². The number of halogens is 1. The predicted octanol–water partition coefficient (Wildman–Crippen LogP) is 2.60. The number of aromatic nitrogens is 2. The van der Waals surface area contributed by atoms with Gasteiger partial charge in [-0.05, 0) is 25.5 Å². The van der Waals surface area contributed by atoms with Gasteiger partial charge in [-0.3, -0.25) is 4.90 Å². The number of nitrogens with zero attached hydrogens (tertiary/aromatic N) is 4. The Hall–Kier alpha value is -1.89. The zero-order chi connectivity index (χ0) is 17.8. The molecule has 7 heteroatoms. The van der Waals surface area contributed by atoms with Gasteiger partial charge in [0.15, 0.2) is 0 Å². The zero-order valence-electron chi connectivity index (χ0n) is 14.7. The van der Waals surface area contributed by atoms with Gasteiger partial charge in [0, 0.05) is 38.8 Å². The molecule has 0 radical (unpaired) electrons. The molecule has 1 aliphatic rings. The second-order valence-corrected chi connectivity index (χ2v) is 6.67. The lowest BCUT2D eigenvalue weighted by Gasteiger charge is -2.35. The summed E-state index contributed by atoms with van der Waals surface area (Å²) in [5, 5.41) is 13.1. The minimum atomic E-state index is 0.206. The summed E-state index contributed by atoms with van der Waals surface area (Å²) in [4.78, 5) is 13.6. The monoisotopic (exact) mass is 361 g/mol. The molecule has 0 bridgehead atoms. The molecule has 6 nitrogen and oxygen atoms in total. The van der Waals surface area contributed by atoms with E-state index in [0.29, 0.717) is 5.02 Å². The van der Waals surface area contributed by atoms with Crippen molar-refractivity contribution in [3.8, 4) is 0 Å². The lowest BCUT2D eigenvalue weighted by Crippen LogP contribution is -2.47. The van der Waals surface area contributed by atoms with Crippen LogP contribution in [0.4, 0.5) is 17.3 Å². The lowest BCUT2D eigenvalue weighted by atomic mass is 10.2. The molecule has 1 fully saturated rings. The van der Waals surface area contributed by atoms with Crippen LogP contribution in [0.25, 0.3) is 0 Å². The molecule has 0 unspecified atom stereocenters. The summed E-state index contributed by atoms with van der Waals surface area (Å²) >= 11 is 6.31. The number of aliphatic hydroxyl groups is 1. The number of anilines is 3. The smallest absolute Gasteiger partial charge is 0.136 e. The van der Waals surface area contributed by atoms with Gasteiger partial charge in [0.2, 0.25) is 0 Å². The van der Waals surface area contributed by atoms with Gasteiger partial charge < -0.3 is 15.3 Å². The van der Waals surface area contributed by atoms with Crippen LogP contribution in [-0.4, -0.2) is 59.3 Å². The SMILES string of the molecule is Cc1nc(Nc2c(C)cccc2Cl)cc(N2CCN(CCO)CC2)n1. The quantitative estimate of drug-likeness (QED) is 0.853. The summed E-state index contributed by atoms with van der Waals surface area (Å²) in [6.45, 7) is 8.49. The number of para-hydroxylation sites is 1. The number of β-amino-alcohol motifs (C(OH)–C–C–N with tert-alkyl or cyclic N) is 1. The third-order valence-corrected chi connectivity index (χ3v) is 4.73. The van der Waals surface area contributed by atoms with Crippen LogP contribution in [0, 0.1) is 13.8 Å². The second kappa shape index (κ2) is 7.99. The van der Waals surface area contributed by atoms with E-state index in [-0.39, 0.29) is 6.61 Å². The Morgan fingerprint density at radius 2 is 1.92 bits per heavy atom. The third kappa shape index (κ3) is 4.39. The number of aliphatic hydroxyl groups excluding tert-OH is 1. The average molecular weight is 362 g/mol. The fourth-order valence-electron chi connectivity index (χ4n) is 3.04. The molecule has 0 spiro atoms. The van der Waals surface area contributed by atoms with Gasteiger partial charge in [-0.1, -0.05) is 23.7 Å². The predicted molar refractivity (Wildman–Crippen MR) is 102 cm³/mol. The van der Waals surface area contributed by atoms with E-state index in [1.807, 2.05) is 38.1 Å². The first-order chi connectivity index (χ1) is 12.1. The van der Waals surface area contributed by atoms with Gasteiger partial charge in [-0.15, -0.1) is 0 Å². The van der Waals surface area contributed by atoms with Crippen LogP contribution in [0.15, 0.2) is 24.3 Å². The second-order valence-electron chi connectivity index (χ2n) is 6.27. The molecular weight excluding hydrogens is 338 g/mol. The highest BCUT2D eigenvalue weighted by atomic mass is 35.5. The van der Waals surface area contributed by atoms with E-state index in [4.69, 9.17) is 16.7 Å². The maximum absolute atomic E-state index is 9.06. The molecule has 0 atom stereocenters. The van der Waals surface area contributed by atoms with Crippen molar-refractivity contribution in [2.45, 2.75) is 13.8 Å². The standard InChI is InChI=1S/C18H24ClN5O/c1-13-4-3-5-15(19)18(13)22-16-12-17(21-14(2)20-16)24-8-6-23(7-9-24)10-11-25/h3-5,12,25H,6-11H2,1-2H3,(H,20,21,22). The van der Waals surface area contributed by atoms with Crippen LogP contribution in [0.2, 0.25) is 5.02 Å². The lowest BCUT2D eigenvalue weighted by molar-refractivity contribution is 0.188. The molecule has 0 amide bonds. The molecular formula is C18H24ClN5O. The van der Waals surface area contributed by atoms with Crippen molar-refractivity contribution in [1.82, 2.24) is 14.9 Å². The van der Waals surface area contributed by atoms with Crippen LogP contribution in [0.3, 0.4) is 0 Å². The summed E-state index contributed by atoms with van der Waals surface area (Å²) < 4.78 is 0. The van der Waals surface area contributed by atoms with Gasteiger partial charge in [0.05, 0.1) is 17.3 Å². The summed E-state index contributed by atoms with van der Waals surface area (Å²) in [5.41, 5.74) is 1.95. The normalized spacial score (nSPS) is 15.4. The Kier molecular flexibility index (Phi) is 5.73. The molecule has 1 aliphatic heterocycles. The van der Waals surface area contributed by atoms with E-state index in [2.05, 4.69) is 25.1 Å². The van der Waals surface area contributed by atoms with Crippen molar-refractivity contribution < 1.29 is 5.11 Å². The molecule has 2 aromatic rings. The number of hydrogen-bond donors (Lipinski definition) is 2. The van der Waals surface area contributed by atoms with Crippen LogP contribution in [0.1, 0.15) is 11.4 Å². The number of aryl methyl sites for hydroxylation is 2. The number of nitrogens with one attached hydrogen (secondary N) is 1. The average Bonchev–Trinajstić information content (AvgIpc) is 2.59. The molecule has 25 heavy (non-hydrogen) atoms. The minimum Gasteiger partial charge on any atom is -0.395 e. The Labute approximate surface area is 153 Å². The van der Waals surface area contributed by atoms with E-state index in [1.54, 1.807) is 0 Å². The largest absolute Gasteiger partial charge is 0.395 e. The van der Waals surface area contributed by atoms with Crippen molar-refractivity contribution in [3.05, 3.63) is 40.7 Å². The minimum absolute atomic E-state index is 0.206. The van der Waals surface area contributed by atoms with Gasteiger partial charge in [-0.2, -0.15) is 0 Å². The van der Waals surface area contributed by atoms with Crippen molar-refractivity contribution in [1.29, 1.82) is 0 Å². The fraction of sp³-hybridized carbons (Fsp3) is 0.444. The number of piperazine rings is 1. The Balaban J connectivity index is 1.77. The molecule has 1 saturated heterocycles. The van der Waals surface area contributed by atoms with Gasteiger partial charge in [0.25, 0.3) is 0 Å². The maximum atomic E-state index is 9.06. The maximum Gasteiger partial charge on any atom is 0.136 e. The van der Waals surface area contributed by atoms with Gasteiger partial charge in [-0.25, -0.2) is 9.97 Å². The van der Waals surface area contributed by atoms with Crippen molar-refractivity contribution >= 4 is 28.9 Å². The zero-order valence-corrected chi connectivity index (χ0v) is 15.4. The first kappa shape index (κ1) is 17.9. The highest BCUT2D eigenvalue weighted by Gasteiger charge is 2.18. The number of hydrogen-bond acceptors (Lipinski definition) is 6. The Morgan fingerprint density at radius 1 is 1.16 bits per heavy atom. The first-order valence-corrected chi connectivity index (χ1v) is 8.90. The van der Waals surface area contributed by atoms with E-state index < -0.39 is 0 Å². The molecule has 134 valence electrons. The molecule has 0 aliphatic carbocycles. The number of benzene rings is 1. The Bertz CT molecular complexity index is 711. The van der Waals surface area contributed by atoms with Crippen LogP contribution in [0.5, 0.6) is 0 Å². The van der Waals surface area contributed by atoms with E-state index in [1.165, 1.54) is 0 Å². The van der Waals surface area contributed by atoms with Crippen molar-refractivity contribution in [2.75, 3.05) is 49.5 Å². The van der Waals surface area contributed by atoms with Gasteiger partial charge in [0.1, 0.15) is 17.5 Å². The third-order valence-electron chi connectivity index (χ3n) is 4.41. The fourth-order valence-corrected chi connectivity index (χ4v) is 3.31. The summed E-state index contributed by atoms with van der Waals surface area (Å²) in [5.74, 6) is 2.39. The summed E-state index contributed by atoms with van der Waals surface area (Å²) in [7, 11) is 0. The van der Waals surface area contributed by atoms with E-state index in [0.717, 1.165) is 61.4 Å². The highest BCUT2D eigenvalue weighted by molar-refractivity contribution is 6.33. The first-order valence-electron chi connectivity index (χ1n) is 8.53. The molecule has 2 N–H and O–H groups in total. The van der Waals surface area contributed by atoms with E-state index >= 15 is 0 Å². The van der Waals surface area contributed by atoms with Crippen LogP contribution < -0.4 is 10.2 Å². The summed E-state index contributed by atoms with van der Waals surface area (Å²) in [6.07, 6.45) is 0. The van der Waals surface area contributed by atoms with Crippen LogP contribution in [-0.2, 0) is 0 Å². The van der Waals surface area contributed by atoms with Crippen molar-refractivity contribution in [2.24, 2.45) is 0 Å². The molecule has 1 aromatic heterocycles. The Morgan fingerprint density at radius 3 is 2.60 bits per heavy atom.